The minimum absolute atomic E-state index is 0. The standard InChI is InChI=1S/C4H6O5.4C4H9.H2O.2Sn/c5-2(4(8)9)1-3(6)7;4*1-3-4-2;;;/h2,5H,1H2,(H,6,7)(H,8,9);4*1,3-4H2,2H3;1H2;;. The van der Waals surface area contributed by atoms with Crippen LogP contribution in [0.2, 0.25) is 17.7 Å². The summed E-state index contributed by atoms with van der Waals surface area (Å²) in [4.78, 5) is 19.4. The number of carboxylic acid groups (broad SMARTS) is 2. The first-order valence-electron chi connectivity index (χ1n) is 10.4. The van der Waals surface area contributed by atoms with Crippen molar-refractivity contribution in [2.24, 2.45) is 0 Å². The molecule has 0 aliphatic rings. The van der Waals surface area contributed by atoms with Crippen LogP contribution in [0.3, 0.4) is 0 Å². The number of hydrogen-bond donors (Lipinski definition) is 3. The second-order valence-corrected chi connectivity index (χ2v) is 14.9. The molecule has 5 N–H and O–H groups in total. The quantitative estimate of drug-likeness (QED) is 0.186. The molecule has 6 nitrogen and oxygen atoms in total. The maximum atomic E-state index is 9.72. The van der Waals surface area contributed by atoms with Crippen LogP contribution in [0.1, 0.15) is 85.5 Å². The largest absolute Gasteiger partial charge is 0.481 e. The van der Waals surface area contributed by atoms with Gasteiger partial charge in [0.2, 0.25) is 0 Å². The smallest absolute Gasteiger partial charge is 0.333 e. The molecule has 0 aromatic heterocycles. The van der Waals surface area contributed by atoms with Crippen molar-refractivity contribution in [3.63, 3.8) is 0 Å². The molecule has 0 fully saturated rings. The molecule has 0 aliphatic heterocycles. The summed E-state index contributed by atoms with van der Waals surface area (Å²) in [5.41, 5.74) is 0. The van der Waals surface area contributed by atoms with Crippen LogP contribution in [0.15, 0.2) is 0 Å². The Morgan fingerprint density at radius 3 is 1.14 bits per heavy atom. The van der Waals surface area contributed by atoms with E-state index in [9.17, 15) is 9.59 Å². The van der Waals surface area contributed by atoms with Crippen molar-refractivity contribution in [2.45, 2.75) is 109 Å². The fraction of sp³-hybridized carbons (Fsp3) is 0.900. The van der Waals surface area contributed by atoms with Gasteiger partial charge in [-0.1, -0.05) is 0 Å². The molecule has 0 heterocycles. The maximum absolute atomic E-state index is 9.72. The van der Waals surface area contributed by atoms with E-state index in [1.807, 2.05) is 0 Å². The van der Waals surface area contributed by atoms with Gasteiger partial charge in [-0.3, -0.25) is 4.79 Å². The normalized spacial score (nSPS) is 10.5. The topological polar surface area (TPSA) is 126 Å². The molecule has 0 saturated carbocycles. The molecule has 4 radical (unpaired) electrons. The van der Waals surface area contributed by atoms with Crippen LogP contribution in [0.4, 0.5) is 0 Å². The number of aliphatic carboxylic acids is 2. The fourth-order valence-corrected chi connectivity index (χ4v) is 10.0. The molecule has 0 saturated heterocycles. The number of hydrogen-bond acceptors (Lipinski definition) is 3. The van der Waals surface area contributed by atoms with Crippen molar-refractivity contribution in [1.29, 1.82) is 0 Å². The third-order valence-electron chi connectivity index (χ3n) is 3.48. The summed E-state index contributed by atoms with van der Waals surface area (Å²) in [6, 6.07) is 0. The monoisotopic (exact) mass is 620 g/mol. The molecule has 0 aliphatic carbocycles. The molecule has 0 amide bonds. The first kappa shape index (κ1) is 35.9. The molecular weight excluding hydrogens is 574 g/mol. The zero-order valence-corrected chi connectivity index (χ0v) is 24.1. The van der Waals surface area contributed by atoms with Gasteiger partial charge in [-0.15, -0.1) is 0 Å². The number of unbranched alkanes of at least 4 members (excludes halogenated alkanes) is 4. The molecule has 0 spiro atoms. The van der Waals surface area contributed by atoms with Gasteiger partial charge in [-0.25, -0.2) is 4.79 Å². The molecular formula is C20H44O6Sn2. The van der Waals surface area contributed by atoms with Gasteiger partial charge in [0.1, 0.15) is 0 Å². The van der Waals surface area contributed by atoms with Crippen molar-refractivity contribution >= 4 is 54.2 Å². The summed E-state index contributed by atoms with van der Waals surface area (Å²) >= 11 is 0.299. The van der Waals surface area contributed by atoms with E-state index >= 15 is 0 Å². The molecule has 0 bridgehead atoms. The van der Waals surface area contributed by atoms with Crippen molar-refractivity contribution in [2.75, 3.05) is 0 Å². The number of carbonyl (C=O) groups is 2. The summed E-state index contributed by atoms with van der Waals surface area (Å²) in [5, 5.41) is 24.1. The fourth-order valence-electron chi connectivity index (χ4n) is 1.71. The molecule has 0 rings (SSSR count). The molecule has 28 heavy (non-hydrogen) atoms. The van der Waals surface area contributed by atoms with E-state index < -0.39 is 24.5 Å². The number of carboxylic acids is 2. The minimum Gasteiger partial charge on any atom is -0.481 e. The second kappa shape index (κ2) is 32.1. The third-order valence-corrected chi connectivity index (χ3v) is 11.6. The first-order valence-corrected chi connectivity index (χ1v) is 18.5. The molecule has 168 valence electrons. The van der Waals surface area contributed by atoms with Crippen molar-refractivity contribution in [1.82, 2.24) is 0 Å². The zero-order chi connectivity index (χ0) is 21.3. The van der Waals surface area contributed by atoms with Crippen molar-refractivity contribution < 1.29 is 30.4 Å². The Morgan fingerprint density at radius 1 is 0.714 bits per heavy atom. The number of rotatable bonds is 15. The molecule has 1 unspecified atom stereocenters. The van der Waals surface area contributed by atoms with Gasteiger partial charge < -0.3 is 20.8 Å². The molecule has 8 heteroatoms. The van der Waals surface area contributed by atoms with Crippen LogP contribution in [-0.4, -0.2) is 81.1 Å². The van der Waals surface area contributed by atoms with Crippen LogP contribution < -0.4 is 0 Å². The van der Waals surface area contributed by atoms with E-state index in [1.165, 1.54) is 51.4 Å². The van der Waals surface area contributed by atoms with Crippen LogP contribution in [0.5, 0.6) is 0 Å². The van der Waals surface area contributed by atoms with Crippen LogP contribution in [0.25, 0.3) is 0 Å². The van der Waals surface area contributed by atoms with E-state index in [0.29, 0.717) is 0 Å². The summed E-state index contributed by atoms with van der Waals surface area (Å²) in [6.45, 7) is 9.16. The summed E-state index contributed by atoms with van der Waals surface area (Å²) < 4.78 is 6.50. The Balaban J connectivity index is -0.000000152. The van der Waals surface area contributed by atoms with Gasteiger partial charge in [0.25, 0.3) is 0 Å². The Labute approximate surface area is 193 Å². The molecule has 0 aromatic carbocycles. The number of aliphatic hydroxyl groups excluding tert-OH is 1. The van der Waals surface area contributed by atoms with Crippen molar-refractivity contribution in [3.8, 4) is 0 Å². The Bertz CT molecular complexity index is 291. The van der Waals surface area contributed by atoms with E-state index in [2.05, 4.69) is 27.7 Å². The van der Waals surface area contributed by atoms with Gasteiger partial charge in [0.05, 0.1) is 6.42 Å². The van der Waals surface area contributed by atoms with Gasteiger partial charge in [0, 0.05) is 0 Å². The maximum Gasteiger partial charge on any atom is 0.333 e. The van der Waals surface area contributed by atoms with Crippen LogP contribution >= 0.6 is 0 Å². The average Bonchev–Trinajstić information content (AvgIpc) is 2.62. The van der Waals surface area contributed by atoms with Crippen molar-refractivity contribution in [3.05, 3.63) is 0 Å². The second-order valence-electron chi connectivity index (χ2n) is 6.37. The van der Waals surface area contributed by atoms with Crippen LogP contribution in [0, 0.1) is 0 Å². The predicted molar refractivity (Wildman–Crippen MR) is 120 cm³/mol. The van der Waals surface area contributed by atoms with Gasteiger partial charge >= 0.3 is 151 Å². The minimum atomic E-state index is -1.79. The summed E-state index contributed by atoms with van der Waals surface area (Å²) in [7, 11) is 0. The average molecular weight is 618 g/mol. The summed E-state index contributed by atoms with van der Waals surface area (Å²) in [6.07, 6.45) is 9.13. The third kappa shape index (κ3) is 41.0. The molecule has 0 aromatic rings. The van der Waals surface area contributed by atoms with E-state index in [-0.39, 0.29) is 47.8 Å². The van der Waals surface area contributed by atoms with E-state index in [0.717, 1.165) is 0 Å². The number of aliphatic hydroxyl groups is 1. The van der Waals surface area contributed by atoms with Crippen LogP contribution in [-0.2, 0) is 9.59 Å². The summed E-state index contributed by atoms with van der Waals surface area (Å²) in [5.74, 6) is -2.85. The molecule has 1 atom stereocenters. The Morgan fingerprint density at radius 2 is 1.00 bits per heavy atom. The Hall–Kier alpha value is 0.457. The van der Waals surface area contributed by atoms with E-state index in [1.54, 1.807) is 17.7 Å². The Kier molecular flexibility index (Phi) is 41.2. The van der Waals surface area contributed by atoms with E-state index in [4.69, 9.17) is 15.3 Å². The van der Waals surface area contributed by atoms with Gasteiger partial charge in [-0.05, 0) is 0 Å². The van der Waals surface area contributed by atoms with Gasteiger partial charge in [0.15, 0.2) is 6.10 Å². The first-order chi connectivity index (χ1) is 12.9. The predicted octanol–water partition coefficient (Wildman–Crippen LogP) is 4.34. The SMILES string of the molecule is CCC[CH2][Sn][CH2]CCC.CCC[CH2][Sn][CH2]CCC.O.O=C(O)CC(O)C(=O)O. The zero-order valence-electron chi connectivity index (χ0n) is 18.4. The van der Waals surface area contributed by atoms with Gasteiger partial charge in [-0.2, -0.15) is 0 Å².